The van der Waals surface area contributed by atoms with E-state index in [-0.39, 0.29) is 0 Å². The van der Waals surface area contributed by atoms with E-state index in [1.165, 1.54) is 51.6 Å². The molecule has 1 aliphatic carbocycles. The molecule has 2 heteroatoms. The summed E-state index contributed by atoms with van der Waals surface area (Å²) in [7, 11) is 2.02. The van der Waals surface area contributed by atoms with Crippen LogP contribution in [0.5, 0.6) is 0 Å². The van der Waals surface area contributed by atoms with Crippen LogP contribution in [0.4, 0.5) is 0 Å². The molecule has 1 fully saturated rings. The van der Waals surface area contributed by atoms with E-state index in [1.807, 2.05) is 7.05 Å². The third-order valence-electron chi connectivity index (χ3n) is 2.94. The van der Waals surface area contributed by atoms with Crippen molar-refractivity contribution in [3.63, 3.8) is 0 Å². The minimum absolute atomic E-state index is 0.975. The molecule has 0 atom stereocenters. The van der Waals surface area contributed by atoms with Crippen LogP contribution >= 0.6 is 0 Å². The maximum Gasteiger partial charge on any atom is -0.00205 e. The average molecular weight is 184 g/mol. The van der Waals surface area contributed by atoms with E-state index in [2.05, 4.69) is 10.6 Å². The summed E-state index contributed by atoms with van der Waals surface area (Å²) in [5, 5.41) is 6.72. The van der Waals surface area contributed by atoms with E-state index in [0.29, 0.717) is 0 Å². The maximum absolute atomic E-state index is 3.55. The van der Waals surface area contributed by atoms with E-state index < -0.39 is 0 Å². The Morgan fingerprint density at radius 3 is 2.54 bits per heavy atom. The van der Waals surface area contributed by atoms with Gasteiger partial charge >= 0.3 is 0 Å². The van der Waals surface area contributed by atoms with Crippen molar-refractivity contribution in [3.05, 3.63) is 0 Å². The molecule has 0 radical (unpaired) electrons. The summed E-state index contributed by atoms with van der Waals surface area (Å²) < 4.78 is 0. The molecule has 0 saturated heterocycles. The zero-order valence-electron chi connectivity index (χ0n) is 8.94. The predicted molar refractivity (Wildman–Crippen MR) is 58.0 cm³/mol. The first kappa shape index (κ1) is 11.0. The van der Waals surface area contributed by atoms with Crippen LogP contribution in [0.3, 0.4) is 0 Å². The third-order valence-corrected chi connectivity index (χ3v) is 2.94. The predicted octanol–water partition coefficient (Wildman–Crippen LogP) is 1.77. The largest absolute Gasteiger partial charge is 0.320 e. The van der Waals surface area contributed by atoms with Crippen molar-refractivity contribution in [1.29, 1.82) is 0 Å². The van der Waals surface area contributed by atoms with Crippen molar-refractivity contribution in [2.24, 2.45) is 5.92 Å². The lowest BCUT2D eigenvalue weighted by molar-refractivity contribution is 0.342. The second-order valence-electron chi connectivity index (χ2n) is 4.17. The van der Waals surface area contributed by atoms with Gasteiger partial charge in [0.1, 0.15) is 0 Å². The Labute approximate surface area is 82.5 Å². The van der Waals surface area contributed by atoms with E-state index in [4.69, 9.17) is 0 Å². The molecule has 0 unspecified atom stereocenters. The normalized spacial score (nSPS) is 19.2. The standard InChI is InChI=1S/C11H24N2/c1-12-8-5-9-13-10-11-6-3-2-4-7-11/h11-13H,2-10H2,1H3. The molecule has 0 aromatic carbocycles. The molecule has 0 amide bonds. The van der Waals surface area contributed by atoms with E-state index in [1.54, 1.807) is 0 Å². The van der Waals surface area contributed by atoms with Crippen LogP contribution in [0.1, 0.15) is 38.5 Å². The van der Waals surface area contributed by atoms with Gasteiger partial charge in [-0.2, -0.15) is 0 Å². The fourth-order valence-electron chi connectivity index (χ4n) is 2.09. The smallest absolute Gasteiger partial charge is 0.00205 e. The molecule has 2 N–H and O–H groups in total. The summed E-state index contributed by atoms with van der Waals surface area (Å²) in [6, 6.07) is 0. The van der Waals surface area contributed by atoms with Gasteiger partial charge in [0.15, 0.2) is 0 Å². The Morgan fingerprint density at radius 2 is 1.85 bits per heavy atom. The van der Waals surface area contributed by atoms with Crippen molar-refractivity contribution < 1.29 is 0 Å². The molecule has 13 heavy (non-hydrogen) atoms. The number of hydrogen-bond acceptors (Lipinski definition) is 2. The van der Waals surface area contributed by atoms with Crippen molar-refractivity contribution >= 4 is 0 Å². The molecular weight excluding hydrogens is 160 g/mol. The first-order valence-corrected chi connectivity index (χ1v) is 5.79. The van der Waals surface area contributed by atoms with Gasteiger partial charge in [0.05, 0.1) is 0 Å². The average Bonchev–Trinajstić information content (AvgIpc) is 2.19. The SMILES string of the molecule is CNCCCNCC1CCCCC1. The lowest BCUT2D eigenvalue weighted by Crippen LogP contribution is -2.26. The summed E-state index contributed by atoms with van der Waals surface area (Å²) >= 11 is 0. The van der Waals surface area contributed by atoms with Crippen LogP contribution in [0.15, 0.2) is 0 Å². The maximum atomic E-state index is 3.55. The monoisotopic (exact) mass is 184 g/mol. The fraction of sp³-hybridized carbons (Fsp3) is 1.00. The Morgan fingerprint density at radius 1 is 1.08 bits per heavy atom. The van der Waals surface area contributed by atoms with Gasteiger partial charge in [0.25, 0.3) is 0 Å². The molecule has 1 aliphatic rings. The highest BCUT2D eigenvalue weighted by Crippen LogP contribution is 2.22. The molecule has 0 aliphatic heterocycles. The Bertz CT molecular complexity index is 109. The van der Waals surface area contributed by atoms with E-state index in [0.717, 1.165) is 12.5 Å². The van der Waals surface area contributed by atoms with Gasteiger partial charge in [0, 0.05) is 0 Å². The lowest BCUT2D eigenvalue weighted by atomic mass is 9.89. The van der Waals surface area contributed by atoms with E-state index >= 15 is 0 Å². The summed E-state index contributed by atoms with van der Waals surface area (Å²) in [6.45, 7) is 3.57. The first-order chi connectivity index (χ1) is 6.43. The topological polar surface area (TPSA) is 24.1 Å². The van der Waals surface area contributed by atoms with Crippen molar-refractivity contribution in [2.75, 3.05) is 26.7 Å². The van der Waals surface area contributed by atoms with Gasteiger partial charge < -0.3 is 10.6 Å². The molecule has 2 nitrogen and oxygen atoms in total. The van der Waals surface area contributed by atoms with Gasteiger partial charge in [-0.3, -0.25) is 0 Å². The van der Waals surface area contributed by atoms with E-state index in [9.17, 15) is 0 Å². The molecular formula is C11H24N2. The molecule has 0 bridgehead atoms. The Hall–Kier alpha value is -0.0800. The molecule has 1 rings (SSSR count). The van der Waals surface area contributed by atoms with Gasteiger partial charge in [-0.05, 0) is 51.9 Å². The molecule has 0 heterocycles. The molecule has 0 aromatic heterocycles. The molecule has 0 aromatic rings. The summed E-state index contributed by atoms with van der Waals surface area (Å²) in [5.41, 5.74) is 0. The zero-order valence-corrected chi connectivity index (χ0v) is 8.94. The highest BCUT2D eigenvalue weighted by Gasteiger charge is 2.11. The highest BCUT2D eigenvalue weighted by molar-refractivity contribution is 4.67. The molecule has 78 valence electrons. The molecule has 1 saturated carbocycles. The van der Waals surface area contributed by atoms with Crippen LogP contribution in [0, 0.1) is 5.92 Å². The number of rotatable bonds is 6. The second-order valence-corrected chi connectivity index (χ2v) is 4.17. The third kappa shape index (κ3) is 5.27. The summed E-state index contributed by atoms with van der Waals surface area (Å²) in [4.78, 5) is 0. The zero-order chi connectivity index (χ0) is 9.36. The Kier molecular flexibility index (Phi) is 6.21. The quantitative estimate of drug-likeness (QED) is 0.615. The highest BCUT2D eigenvalue weighted by atomic mass is 14.9. The van der Waals surface area contributed by atoms with Gasteiger partial charge in [-0.1, -0.05) is 19.3 Å². The van der Waals surface area contributed by atoms with Gasteiger partial charge in [-0.15, -0.1) is 0 Å². The van der Waals surface area contributed by atoms with Crippen LogP contribution < -0.4 is 10.6 Å². The van der Waals surface area contributed by atoms with Crippen LogP contribution in [-0.4, -0.2) is 26.7 Å². The van der Waals surface area contributed by atoms with Gasteiger partial charge in [0.2, 0.25) is 0 Å². The minimum Gasteiger partial charge on any atom is -0.320 e. The van der Waals surface area contributed by atoms with Crippen molar-refractivity contribution in [1.82, 2.24) is 10.6 Å². The van der Waals surface area contributed by atoms with Crippen molar-refractivity contribution in [2.45, 2.75) is 38.5 Å². The van der Waals surface area contributed by atoms with Crippen LogP contribution in [-0.2, 0) is 0 Å². The minimum atomic E-state index is 0.975. The van der Waals surface area contributed by atoms with Crippen molar-refractivity contribution in [3.8, 4) is 0 Å². The van der Waals surface area contributed by atoms with Crippen LogP contribution in [0.25, 0.3) is 0 Å². The van der Waals surface area contributed by atoms with Gasteiger partial charge in [-0.25, -0.2) is 0 Å². The summed E-state index contributed by atoms with van der Waals surface area (Å²) in [5.74, 6) is 0.975. The second kappa shape index (κ2) is 7.34. The summed E-state index contributed by atoms with van der Waals surface area (Å²) in [6.07, 6.45) is 8.56. The Balaban J connectivity index is 1.86. The number of hydrogen-bond donors (Lipinski definition) is 2. The molecule has 0 spiro atoms. The first-order valence-electron chi connectivity index (χ1n) is 5.79. The number of nitrogens with one attached hydrogen (secondary N) is 2. The lowest BCUT2D eigenvalue weighted by Gasteiger charge is -2.21. The van der Waals surface area contributed by atoms with Crippen LogP contribution in [0.2, 0.25) is 0 Å². The fourth-order valence-corrected chi connectivity index (χ4v) is 2.09.